The Balaban J connectivity index is 1.70. The molecule has 0 aliphatic heterocycles. The number of pyridine rings is 2. The molecule has 150 valence electrons. The fraction of sp³-hybridized carbons (Fsp3) is 0.136. The normalized spacial score (nSPS) is 10.9. The summed E-state index contributed by atoms with van der Waals surface area (Å²) >= 11 is 0. The van der Waals surface area contributed by atoms with E-state index in [-0.39, 0.29) is 6.04 Å². The molecule has 0 aliphatic carbocycles. The lowest BCUT2D eigenvalue weighted by Gasteiger charge is -2.11. The number of hydrogen-bond donors (Lipinski definition) is 2. The van der Waals surface area contributed by atoms with Gasteiger partial charge in [0.25, 0.3) is 11.8 Å². The minimum Gasteiger partial charge on any atom is -0.267 e. The van der Waals surface area contributed by atoms with Gasteiger partial charge in [-0.25, -0.2) is 9.67 Å². The van der Waals surface area contributed by atoms with Gasteiger partial charge in [-0.3, -0.25) is 25.4 Å². The third-order valence-corrected chi connectivity index (χ3v) is 4.58. The summed E-state index contributed by atoms with van der Waals surface area (Å²) in [4.78, 5) is 33.8. The van der Waals surface area contributed by atoms with Gasteiger partial charge < -0.3 is 0 Å². The first-order chi connectivity index (χ1) is 14.5. The average Bonchev–Trinajstić information content (AvgIpc) is 3.22. The number of amides is 2. The van der Waals surface area contributed by atoms with Gasteiger partial charge in [0, 0.05) is 24.0 Å². The van der Waals surface area contributed by atoms with Crippen LogP contribution in [0.3, 0.4) is 0 Å². The van der Waals surface area contributed by atoms with Gasteiger partial charge in [-0.05, 0) is 32.0 Å². The van der Waals surface area contributed by atoms with Gasteiger partial charge in [0.2, 0.25) is 0 Å². The number of aromatic nitrogens is 4. The van der Waals surface area contributed by atoms with E-state index in [0.29, 0.717) is 27.9 Å². The molecular weight excluding hydrogens is 380 g/mol. The van der Waals surface area contributed by atoms with E-state index in [1.54, 1.807) is 35.3 Å². The van der Waals surface area contributed by atoms with Gasteiger partial charge in [-0.2, -0.15) is 5.10 Å². The van der Waals surface area contributed by atoms with Crippen molar-refractivity contribution in [3.63, 3.8) is 0 Å². The zero-order valence-electron chi connectivity index (χ0n) is 16.5. The highest BCUT2D eigenvalue weighted by Gasteiger charge is 2.19. The Morgan fingerprint density at radius 2 is 1.73 bits per heavy atom. The second kappa shape index (κ2) is 8.12. The molecule has 0 saturated heterocycles. The van der Waals surface area contributed by atoms with Gasteiger partial charge in [0.05, 0.1) is 28.4 Å². The maximum Gasteiger partial charge on any atom is 0.271 e. The molecule has 0 unspecified atom stereocenters. The van der Waals surface area contributed by atoms with E-state index < -0.39 is 11.8 Å². The van der Waals surface area contributed by atoms with Crippen molar-refractivity contribution in [3.05, 3.63) is 78.2 Å². The summed E-state index contributed by atoms with van der Waals surface area (Å²) in [5.74, 6) is -0.914. The summed E-state index contributed by atoms with van der Waals surface area (Å²) in [6.07, 6.45) is 4.61. The maximum absolute atomic E-state index is 13.0. The van der Waals surface area contributed by atoms with Crippen molar-refractivity contribution in [2.24, 2.45) is 0 Å². The van der Waals surface area contributed by atoms with E-state index >= 15 is 0 Å². The summed E-state index contributed by atoms with van der Waals surface area (Å²) in [7, 11) is 0. The zero-order valence-corrected chi connectivity index (χ0v) is 16.5. The summed E-state index contributed by atoms with van der Waals surface area (Å²) in [6, 6.07) is 14.6. The number of hydrogen-bond acceptors (Lipinski definition) is 5. The van der Waals surface area contributed by atoms with Crippen LogP contribution in [0, 0.1) is 0 Å². The minimum absolute atomic E-state index is 0.0715. The molecule has 0 bridgehead atoms. The first-order valence-electron chi connectivity index (χ1n) is 9.49. The van der Waals surface area contributed by atoms with Crippen LogP contribution in [0.1, 0.15) is 40.6 Å². The summed E-state index contributed by atoms with van der Waals surface area (Å²) in [5.41, 5.74) is 7.75. The van der Waals surface area contributed by atoms with Crippen LogP contribution in [0.4, 0.5) is 0 Å². The lowest BCUT2D eigenvalue weighted by atomic mass is 10.1. The van der Waals surface area contributed by atoms with Crippen LogP contribution in [-0.4, -0.2) is 31.6 Å². The van der Waals surface area contributed by atoms with Crippen LogP contribution in [0.2, 0.25) is 0 Å². The number of fused-ring (bicyclic) bond motifs is 1. The smallest absolute Gasteiger partial charge is 0.267 e. The third kappa shape index (κ3) is 3.75. The number of carbonyl (C=O) groups excluding carboxylic acids is 2. The summed E-state index contributed by atoms with van der Waals surface area (Å²) in [6.45, 7) is 3.99. The van der Waals surface area contributed by atoms with Gasteiger partial charge in [-0.1, -0.05) is 30.3 Å². The highest BCUT2D eigenvalue weighted by molar-refractivity contribution is 6.07. The number of nitrogens with one attached hydrogen (secondary N) is 2. The Hall–Kier alpha value is -4.07. The predicted octanol–water partition coefficient (Wildman–Crippen LogP) is 3.15. The van der Waals surface area contributed by atoms with Crippen molar-refractivity contribution in [2.45, 2.75) is 19.9 Å². The van der Waals surface area contributed by atoms with Crippen LogP contribution in [0.5, 0.6) is 0 Å². The van der Waals surface area contributed by atoms with Crippen molar-refractivity contribution >= 4 is 22.8 Å². The molecule has 0 saturated carbocycles. The van der Waals surface area contributed by atoms with E-state index in [9.17, 15) is 9.59 Å². The Morgan fingerprint density at radius 1 is 0.967 bits per heavy atom. The van der Waals surface area contributed by atoms with Crippen molar-refractivity contribution in [2.75, 3.05) is 0 Å². The van der Waals surface area contributed by atoms with Gasteiger partial charge in [-0.15, -0.1) is 0 Å². The molecule has 2 N–H and O–H groups in total. The zero-order chi connectivity index (χ0) is 21.1. The largest absolute Gasteiger partial charge is 0.271 e. The first kappa shape index (κ1) is 19.3. The SMILES string of the molecule is CC(C)n1ncc2c(C(=O)NNC(=O)c3cccnc3)cc(-c3ccccc3)nc21. The molecule has 4 rings (SSSR count). The molecule has 0 atom stereocenters. The fourth-order valence-electron chi connectivity index (χ4n) is 3.09. The molecule has 8 nitrogen and oxygen atoms in total. The number of benzene rings is 1. The van der Waals surface area contributed by atoms with E-state index in [1.807, 2.05) is 44.2 Å². The monoisotopic (exact) mass is 400 g/mol. The highest BCUT2D eigenvalue weighted by atomic mass is 16.2. The lowest BCUT2D eigenvalue weighted by molar-refractivity contribution is 0.0847. The molecule has 0 aliphatic rings. The number of rotatable bonds is 4. The molecular formula is C22H20N6O2. The number of carbonyl (C=O) groups is 2. The number of nitrogens with zero attached hydrogens (tertiary/aromatic N) is 4. The second-order valence-corrected chi connectivity index (χ2v) is 6.99. The van der Waals surface area contributed by atoms with Crippen molar-refractivity contribution < 1.29 is 9.59 Å². The van der Waals surface area contributed by atoms with Crippen LogP contribution < -0.4 is 10.9 Å². The maximum atomic E-state index is 13.0. The molecule has 1 aromatic carbocycles. The molecule has 3 aromatic heterocycles. The fourth-order valence-corrected chi connectivity index (χ4v) is 3.09. The topological polar surface area (TPSA) is 102 Å². The standard InChI is InChI=1S/C22H20N6O2/c1-14(2)28-20-18(13-24-28)17(11-19(25-20)15-7-4-3-5-8-15)22(30)27-26-21(29)16-9-6-10-23-12-16/h3-14H,1-2H3,(H,26,29)(H,27,30). The van der Waals surface area contributed by atoms with E-state index in [0.717, 1.165) is 5.56 Å². The van der Waals surface area contributed by atoms with Crippen LogP contribution in [-0.2, 0) is 0 Å². The predicted molar refractivity (Wildman–Crippen MR) is 113 cm³/mol. The minimum atomic E-state index is -0.458. The van der Waals surface area contributed by atoms with Crippen molar-refractivity contribution in [1.82, 2.24) is 30.6 Å². The summed E-state index contributed by atoms with van der Waals surface area (Å²) in [5, 5.41) is 5.00. The molecule has 3 heterocycles. The third-order valence-electron chi connectivity index (χ3n) is 4.58. The van der Waals surface area contributed by atoms with E-state index in [4.69, 9.17) is 4.98 Å². The Bertz CT molecular complexity index is 1200. The van der Waals surface area contributed by atoms with Gasteiger partial charge in [0.1, 0.15) is 0 Å². The average molecular weight is 400 g/mol. The summed E-state index contributed by atoms with van der Waals surface area (Å²) < 4.78 is 1.77. The second-order valence-electron chi connectivity index (χ2n) is 6.99. The molecule has 30 heavy (non-hydrogen) atoms. The Morgan fingerprint density at radius 3 is 2.43 bits per heavy atom. The quantitative estimate of drug-likeness (QED) is 0.513. The molecule has 2 amide bonds. The van der Waals surface area contributed by atoms with Gasteiger partial charge >= 0.3 is 0 Å². The highest BCUT2D eigenvalue weighted by Crippen LogP contribution is 2.26. The first-order valence-corrected chi connectivity index (χ1v) is 9.49. The number of hydrazine groups is 1. The molecule has 0 radical (unpaired) electrons. The van der Waals surface area contributed by atoms with Crippen LogP contribution >= 0.6 is 0 Å². The molecule has 0 fully saturated rings. The van der Waals surface area contributed by atoms with Crippen molar-refractivity contribution in [3.8, 4) is 11.3 Å². The van der Waals surface area contributed by atoms with Crippen molar-refractivity contribution in [1.29, 1.82) is 0 Å². The molecule has 0 spiro atoms. The van der Waals surface area contributed by atoms with Crippen LogP contribution in [0.15, 0.2) is 67.1 Å². The van der Waals surface area contributed by atoms with Gasteiger partial charge in [0.15, 0.2) is 5.65 Å². The lowest BCUT2D eigenvalue weighted by Crippen LogP contribution is -2.41. The Labute approximate surface area is 172 Å². The molecule has 4 aromatic rings. The Kier molecular flexibility index (Phi) is 5.21. The van der Waals surface area contributed by atoms with Crippen LogP contribution in [0.25, 0.3) is 22.3 Å². The van der Waals surface area contributed by atoms with E-state index in [2.05, 4.69) is 20.9 Å². The van der Waals surface area contributed by atoms with E-state index in [1.165, 1.54) is 6.20 Å². The molecule has 8 heteroatoms.